The fourth-order valence-electron chi connectivity index (χ4n) is 2.17. The number of hydrogen-bond donors (Lipinski definition) is 0. The summed E-state index contributed by atoms with van der Waals surface area (Å²) >= 11 is 3.45. The van der Waals surface area contributed by atoms with Crippen LogP contribution in [0.15, 0.2) is 60.9 Å². The Kier molecular flexibility index (Phi) is 7.04. The van der Waals surface area contributed by atoms with E-state index < -0.39 is 0 Å². The van der Waals surface area contributed by atoms with E-state index in [1.165, 1.54) is 19.3 Å². The van der Waals surface area contributed by atoms with Crippen LogP contribution in [0.3, 0.4) is 0 Å². The summed E-state index contributed by atoms with van der Waals surface area (Å²) in [4.78, 5) is 12.0. The van der Waals surface area contributed by atoms with Crippen LogP contribution in [0, 0.1) is 0 Å². The van der Waals surface area contributed by atoms with Gasteiger partial charge >= 0.3 is 0 Å². The number of nitrogens with zero attached hydrogens (tertiary/aromatic N) is 1. The number of halogens is 1. The molecule has 0 saturated heterocycles. The minimum Gasteiger partial charge on any atom is -0.289 e. The van der Waals surface area contributed by atoms with Gasteiger partial charge in [-0.2, -0.15) is 0 Å². The van der Waals surface area contributed by atoms with Gasteiger partial charge in [0.15, 0.2) is 18.2 Å². The molecule has 3 heteroatoms. The van der Waals surface area contributed by atoms with Gasteiger partial charge in [-0.1, -0.05) is 52.3 Å². The van der Waals surface area contributed by atoms with Gasteiger partial charge < -0.3 is 0 Å². The zero-order valence-corrected chi connectivity index (χ0v) is 14.2. The first-order chi connectivity index (χ1) is 10.8. The monoisotopic (exact) mass is 358 g/mol. The topological polar surface area (TPSA) is 20.9 Å². The molecule has 1 heterocycles. The molecule has 0 fully saturated rings. The van der Waals surface area contributed by atoms with Gasteiger partial charge in [0.05, 0.1) is 0 Å². The van der Waals surface area contributed by atoms with Gasteiger partial charge in [0, 0.05) is 29.4 Å². The van der Waals surface area contributed by atoms with Crippen LogP contribution in [0.4, 0.5) is 0 Å². The van der Waals surface area contributed by atoms with Crippen molar-refractivity contribution in [3.05, 3.63) is 72.1 Å². The molecule has 0 radical (unpaired) electrons. The van der Waals surface area contributed by atoms with Crippen molar-refractivity contribution in [1.82, 2.24) is 0 Å². The fourth-order valence-corrected chi connectivity index (χ4v) is 2.56. The Morgan fingerprint density at radius 2 is 1.73 bits per heavy atom. The molecule has 2 nitrogen and oxygen atoms in total. The van der Waals surface area contributed by atoms with E-state index >= 15 is 0 Å². The molecule has 1 aromatic heterocycles. The van der Waals surface area contributed by atoms with Crippen molar-refractivity contribution in [3.63, 3.8) is 0 Å². The number of hydrogen-bond acceptors (Lipinski definition) is 1. The number of benzene rings is 1. The van der Waals surface area contributed by atoms with E-state index in [0.717, 1.165) is 23.0 Å². The quantitative estimate of drug-likeness (QED) is 0.225. The van der Waals surface area contributed by atoms with Crippen LogP contribution in [0.2, 0.25) is 0 Å². The SMILES string of the molecule is O=C(/C=C/c1cc[n+](CCCCCBr)cc1)c1ccccc1. The van der Waals surface area contributed by atoms with E-state index in [1.54, 1.807) is 6.08 Å². The normalized spacial score (nSPS) is 11.0. The highest BCUT2D eigenvalue weighted by atomic mass is 79.9. The average molecular weight is 359 g/mol. The van der Waals surface area contributed by atoms with Crippen molar-refractivity contribution in [2.45, 2.75) is 25.8 Å². The predicted octanol–water partition coefficient (Wildman–Crippen LogP) is 4.44. The zero-order chi connectivity index (χ0) is 15.6. The first kappa shape index (κ1) is 16.6. The van der Waals surface area contributed by atoms with Gasteiger partial charge in [-0.3, -0.25) is 4.79 Å². The van der Waals surface area contributed by atoms with E-state index in [0.29, 0.717) is 0 Å². The number of aromatic nitrogens is 1. The third-order valence-electron chi connectivity index (χ3n) is 3.45. The maximum Gasteiger partial charge on any atom is 0.185 e. The van der Waals surface area contributed by atoms with Gasteiger partial charge in [-0.25, -0.2) is 4.57 Å². The highest BCUT2D eigenvalue weighted by molar-refractivity contribution is 9.09. The molecule has 0 aliphatic carbocycles. The van der Waals surface area contributed by atoms with Crippen molar-refractivity contribution in [2.24, 2.45) is 0 Å². The maximum atomic E-state index is 12.0. The number of aryl methyl sites for hydroxylation is 1. The first-order valence-electron chi connectivity index (χ1n) is 7.62. The summed E-state index contributed by atoms with van der Waals surface area (Å²) in [6.07, 6.45) is 11.3. The minimum absolute atomic E-state index is 0.0344. The van der Waals surface area contributed by atoms with Crippen LogP contribution in [-0.2, 0) is 6.54 Å². The van der Waals surface area contributed by atoms with Crippen molar-refractivity contribution in [2.75, 3.05) is 5.33 Å². The maximum absolute atomic E-state index is 12.0. The molecule has 22 heavy (non-hydrogen) atoms. The summed E-state index contributed by atoms with van der Waals surface area (Å²) in [7, 11) is 0. The molecular formula is C19H21BrNO+. The van der Waals surface area contributed by atoms with E-state index in [1.807, 2.05) is 48.5 Å². The number of ketones is 1. The lowest BCUT2D eigenvalue weighted by atomic mass is 10.1. The van der Waals surface area contributed by atoms with E-state index in [4.69, 9.17) is 0 Å². The molecule has 0 unspecified atom stereocenters. The van der Waals surface area contributed by atoms with E-state index in [9.17, 15) is 4.79 Å². The van der Waals surface area contributed by atoms with Gasteiger partial charge in [0.2, 0.25) is 0 Å². The molecule has 0 amide bonds. The number of carbonyl (C=O) groups excluding carboxylic acids is 1. The molecule has 0 aliphatic rings. The smallest absolute Gasteiger partial charge is 0.185 e. The van der Waals surface area contributed by atoms with E-state index in [2.05, 4.69) is 32.9 Å². The number of carbonyl (C=O) groups is 1. The highest BCUT2D eigenvalue weighted by Gasteiger charge is 2.01. The number of pyridine rings is 1. The Labute approximate surface area is 140 Å². The molecule has 0 atom stereocenters. The summed E-state index contributed by atoms with van der Waals surface area (Å²) in [5.74, 6) is 0.0344. The Bertz CT molecular complexity index is 605. The summed E-state index contributed by atoms with van der Waals surface area (Å²) in [5, 5.41) is 1.08. The van der Waals surface area contributed by atoms with Gasteiger partial charge in [-0.15, -0.1) is 0 Å². The molecule has 0 bridgehead atoms. The molecular weight excluding hydrogens is 338 g/mol. The minimum atomic E-state index is 0.0344. The van der Waals surface area contributed by atoms with Crippen LogP contribution in [0.5, 0.6) is 0 Å². The lowest BCUT2D eigenvalue weighted by molar-refractivity contribution is -0.697. The summed E-state index contributed by atoms with van der Waals surface area (Å²) < 4.78 is 2.19. The van der Waals surface area contributed by atoms with Gasteiger partial charge in [-0.05, 0) is 24.5 Å². The molecule has 2 rings (SSSR count). The van der Waals surface area contributed by atoms with Crippen molar-refractivity contribution >= 4 is 27.8 Å². The molecule has 2 aromatic rings. The predicted molar refractivity (Wildman–Crippen MR) is 94.1 cm³/mol. The fraction of sp³-hybridized carbons (Fsp3) is 0.263. The summed E-state index contributed by atoms with van der Waals surface area (Å²) in [6, 6.07) is 13.4. The molecule has 0 saturated carbocycles. The van der Waals surface area contributed by atoms with Gasteiger partial charge in [0.1, 0.15) is 6.54 Å². The molecule has 0 aliphatic heterocycles. The molecule has 0 spiro atoms. The third-order valence-corrected chi connectivity index (χ3v) is 4.01. The summed E-state index contributed by atoms with van der Waals surface area (Å²) in [6.45, 7) is 1.04. The second-order valence-electron chi connectivity index (χ2n) is 5.18. The average Bonchev–Trinajstić information content (AvgIpc) is 2.58. The highest BCUT2D eigenvalue weighted by Crippen LogP contribution is 2.05. The standard InChI is InChI=1S/C19H21BrNO/c20-13-5-2-6-14-21-15-11-17(12-16-21)9-10-19(22)18-7-3-1-4-8-18/h1,3-4,7-12,15-16H,2,5-6,13-14H2/q+1/b10-9+. The largest absolute Gasteiger partial charge is 0.289 e. The van der Waals surface area contributed by atoms with Crippen LogP contribution in [-0.4, -0.2) is 11.1 Å². The Hall–Kier alpha value is -1.74. The molecule has 1 aromatic carbocycles. The van der Waals surface area contributed by atoms with Crippen molar-refractivity contribution < 1.29 is 9.36 Å². The second kappa shape index (κ2) is 9.31. The molecule has 114 valence electrons. The first-order valence-corrected chi connectivity index (χ1v) is 8.74. The Balaban J connectivity index is 1.88. The number of rotatable bonds is 8. The summed E-state index contributed by atoms with van der Waals surface area (Å²) in [5.41, 5.74) is 1.76. The lowest BCUT2D eigenvalue weighted by Crippen LogP contribution is -2.32. The lowest BCUT2D eigenvalue weighted by Gasteiger charge is -1.98. The number of unbranched alkanes of at least 4 members (excludes halogenated alkanes) is 2. The van der Waals surface area contributed by atoms with Crippen LogP contribution >= 0.6 is 15.9 Å². The van der Waals surface area contributed by atoms with Crippen LogP contribution < -0.4 is 4.57 Å². The second-order valence-corrected chi connectivity index (χ2v) is 5.98. The molecule has 0 N–H and O–H groups in total. The van der Waals surface area contributed by atoms with Gasteiger partial charge in [0.25, 0.3) is 0 Å². The number of alkyl halides is 1. The zero-order valence-electron chi connectivity index (χ0n) is 12.6. The van der Waals surface area contributed by atoms with Crippen LogP contribution in [0.1, 0.15) is 35.2 Å². The van der Waals surface area contributed by atoms with E-state index in [-0.39, 0.29) is 5.78 Å². The van der Waals surface area contributed by atoms with Crippen molar-refractivity contribution in [1.29, 1.82) is 0 Å². The Morgan fingerprint density at radius 1 is 1.00 bits per heavy atom. The van der Waals surface area contributed by atoms with Crippen LogP contribution in [0.25, 0.3) is 6.08 Å². The van der Waals surface area contributed by atoms with Crippen molar-refractivity contribution in [3.8, 4) is 0 Å². The number of allylic oxidation sites excluding steroid dienone is 1. The third kappa shape index (κ3) is 5.57. The Morgan fingerprint density at radius 3 is 2.41 bits per heavy atom.